The largest absolute Gasteiger partial charge is 0.305 e. The van der Waals surface area contributed by atoms with E-state index in [0.717, 1.165) is 30.8 Å². The molecule has 0 aliphatic carbocycles. The van der Waals surface area contributed by atoms with Crippen molar-refractivity contribution >= 4 is 34.8 Å². The summed E-state index contributed by atoms with van der Waals surface area (Å²) in [6, 6.07) is 5.41. The Kier molecular flexibility index (Phi) is 5.94. The molecule has 0 radical (unpaired) electrons. The van der Waals surface area contributed by atoms with Crippen LogP contribution in [0.15, 0.2) is 24.4 Å². The quantitative estimate of drug-likeness (QED) is 0.802. The first-order valence-corrected chi connectivity index (χ1v) is 8.11. The van der Waals surface area contributed by atoms with Crippen LogP contribution in [0.1, 0.15) is 37.6 Å². The van der Waals surface area contributed by atoms with Crippen molar-refractivity contribution in [2.45, 2.75) is 32.9 Å². The molecule has 0 spiro atoms. The minimum absolute atomic E-state index is 0.107. The molecular formula is C15H18Cl3N3. The Morgan fingerprint density at radius 1 is 1.19 bits per heavy atom. The number of rotatable bonds is 6. The van der Waals surface area contributed by atoms with Gasteiger partial charge in [-0.25, -0.2) is 0 Å². The van der Waals surface area contributed by atoms with Crippen LogP contribution >= 0.6 is 34.8 Å². The molecule has 6 heteroatoms. The van der Waals surface area contributed by atoms with Gasteiger partial charge in [-0.3, -0.25) is 4.68 Å². The Hall–Kier alpha value is -0.740. The molecule has 1 aromatic heterocycles. The van der Waals surface area contributed by atoms with Crippen LogP contribution in [0.5, 0.6) is 0 Å². The Balaban J connectivity index is 2.49. The van der Waals surface area contributed by atoms with Gasteiger partial charge in [0.25, 0.3) is 0 Å². The fraction of sp³-hybridized carbons (Fsp3) is 0.400. The summed E-state index contributed by atoms with van der Waals surface area (Å²) in [5.41, 5.74) is 1.88. The molecule has 0 amide bonds. The summed E-state index contributed by atoms with van der Waals surface area (Å²) in [5.74, 6) is 0. The number of halogens is 3. The number of hydrogen-bond donors (Lipinski definition) is 1. The summed E-state index contributed by atoms with van der Waals surface area (Å²) >= 11 is 18.7. The fourth-order valence-electron chi connectivity index (χ4n) is 2.29. The predicted molar refractivity (Wildman–Crippen MR) is 89.5 cm³/mol. The summed E-state index contributed by atoms with van der Waals surface area (Å²) in [4.78, 5) is 0. The molecule has 1 heterocycles. The zero-order chi connectivity index (χ0) is 15.4. The summed E-state index contributed by atoms with van der Waals surface area (Å²) in [7, 11) is 0. The van der Waals surface area contributed by atoms with Gasteiger partial charge < -0.3 is 5.32 Å². The van der Waals surface area contributed by atoms with Crippen LogP contribution < -0.4 is 5.32 Å². The molecule has 2 rings (SSSR count). The van der Waals surface area contributed by atoms with Gasteiger partial charge in [0.2, 0.25) is 0 Å². The van der Waals surface area contributed by atoms with Crippen molar-refractivity contribution in [1.29, 1.82) is 0 Å². The maximum absolute atomic E-state index is 6.37. The molecule has 0 saturated carbocycles. The number of hydrogen-bond acceptors (Lipinski definition) is 2. The Morgan fingerprint density at radius 2 is 1.95 bits per heavy atom. The number of aryl methyl sites for hydroxylation is 1. The Bertz CT molecular complexity index is 610. The van der Waals surface area contributed by atoms with E-state index in [1.54, 1.807) is 12.3 Å². The number of aromatic nitrogens is 2. The van der Waals surface area contributed by atoms with Gasteiger partial charge in [0.1, 0.15) is 0 Å². The van der Waals surface area contributed by atoms with E-state index >= 15 is 0 Å². The van der Waals surface area contributed by atoms with Gasteiger partial charge in [-0.05, 0) is 37.6 Å². The maximum Gasteiger partial charge on any atom is 0.0837 e. The third-order valence-electron chi connectivity index (χ3n) is 3.28. The zero-order valence-electron chi connectivity index (χ0n) is 12.0. The number of nitrogens with one attached hydrogen (secondary N) is 1. The molecule has 21 heavy (non-hydrogen) atoms. The molecular weight excluding hydrogens is 329 g/mol. The van der Waals surface area contributed by atoms with Crippen molar-refractivity contribution in [1.82, 2.24) is 15.1 Å². The van der Waals surface area contributed by atoms with Crippen molar-refractivity contribution in [3.05, 3.63) is 50.7 Å². The molecule has 1 unspecified atom stereocenters. The van der Waals surface area contributed by atoms with Crippen LogP contribution in [0.25, 0.3) is 0 Å². The second kappa shape index (κ2) is 7.50. The van der Waals surface area contributed by atoms with Gasteiger partial charge in [-0.15, -0.1) is 0 Å². The number of nitrogens with zero attached hydrogens (tertiary/aromatic N) is 2. The second-order valence-corrected chi connectivity index (χ2v) is 6.00. The van der Waals surface area contributed by atoms with Gasteiger partial charge in [-0.2, -0.15) is 5.10 Å². The summed E-state index contributed by atoms with van der Waals surface area (Å²) < 4.78 is 1.89. The molecule has 0 fully saturated rings. The van der Waals surface area contributed by atoms with E-state index in [9.17, 15) is 0 Å². The van der Waals surface area contributed by atoms with E-state index < -0.39 is 0 Å². The van der Waals surface area contributed by atoms with Crippen molar-refractivity contribution in [3.8, 4) is 0 Å². The second-order valence-electron chi connectivity index (χ2n) is 4.75. The van der Waals surface area contributed by atoms with Gasteiger partial charge >= 0.3 is 0 Å². The third-order valence-corrected chi connectivity index (χ3v) is 4.13. The van der Waals surface area contributed by atoms with Gasteiger partial charge in [0, 0.05) is 16.6 Å². The average molecular weight is 347 g/mol. The van der Waals surface area contributed by atoms with E-state index in [1.807, 2.05) is 23.7 Å². The van der Waals surface area contributed by atoms with E-state index in [4.69, 9.17) is 34.8 Å². The standard InChI is InChI=1S/C15H18Cl3N3/c1-3-7-19-14(11-6-5-10(16)8-12(11)17)15-13(18)9-20-21(15)4-2/h5-6,8-9,14,19H,3-4,7H2,1-2H3. The van der Waals surface area contributed by atoms with Crippen LogP contribution in [0.2, 0.25) is 15.1 Å². The smallest absolute Gasteiger partial charge is 0.0837 e. The Labute approximate surface area is 140 Å². The summed E-state index contributed by atoms with van der Waals surface area (Å²) in [5, 5.41) is 9.68. The first-order chi connectivity index (χ1) is 10.1. The van der Waals surface area contributed by atoms with E-state index in [0.29, 0.717) is 15.1 Å². The van der Waals surface area contributed by atoms with E-state index in [2.05, 4.69) is 17.3 Å². The van der Waals surface area contributed by atoms with Crippen molar-refractivity contribution in [3.63, 3.8) is 0 Å². The molecule has 0 aliphatic heterocycles. The highest BCUT2D eigenvalue weighted by Gasteiger charge is 2.23. The molecule has 1 N–H and O–H groups in total. The highest BCUT2D eigenvalue weighted by molar-refractivity contribution is 6.35. The monoisotopic (exact) mass is 345 g/mol. The molecule has 0 saturated heterocycles. The first-order valence-electron chi connectivity index (χ1n) is 6.98. The van der Waals surface area contributed by atoms with E-state index in [1.165, 1.54) is 0 Å². The maximum atomic E-state index is 6.37. The molecule has 1 aromatic carbocycles. The minimum Gasteiger partial charge on any atom is -0.305 e. The molecule has 1 atom stereocenters. The average Bonchev–Trinajstić information content (AvgIpc) is 2.82. The Morgan fingerprint density at radius 3 is 2.57 bits per heavy atom. The van der Waals surface area contributed by atoms with Crippen molar-refractivity contribution < 1.29 is 0 Å². The van der Waals surface area contributed by atoms with Crippen LogP contribution in [0.4, 0.5) is 0 Å². The molecule has 0 aliphatic rings. The third kappa shape index (κ3) is 3.72. The highest BCUT2D eigenvalue weighted by atomic mass is 35.5. The van der Waals surface area contributed by atoms with Crippen molar-refractivity contribution in [2.75, 3.05) is 6.54 Å². The number of benzene rings is 1. The normalized spacial score (nSPS) is 12.6. The zero-order valence-corrected chi connectivity index (χ0v) is 14.3. The van der Waals surface area contributed by atoms with Crippen LogP contribution in [0.3, 0.4) is 0 Å². The molecule has 3 nitrogen and oxygen atoms in total. The SMILES string of the molecule is CCCNC(c1ccc(Cl)cc1Cl)c1c(Cl)cnn1CC. The fourth-order valence-corrected chi connectivity index (χ4v) is 3.06. The first kappa shape index (κ1) is 16.6. The molecule has 114 valence electrons. The highest BCUT2D eigenvalue weighted by Crippen LogP contribution is 2.33. The summed E-state index contributed by atoms with van der Waals surface area (Å²) in [6.07, 6.45) is 2.68. The topological polar surface area (TPSA) is 29.9 Å². The lowest BCUT2D eigenvalue weighted by molar-refractivity contribution is 0.530. The van der Waals surface area contributed by atoms with Crippen molar-refractivity contribution in [2.24, 2.45) is 0 Å². The van der Waals surface area contributed by atoms with Gasteiger partial charge in [0.15, 0.2) is 0 Å². The van der Waals surface area contributed by atoms with Crippen LogP contribution in [0, 0.1) is 0 Å². The lowest BCUT2D eigenvalue weighted by Crippen LogP contribution is -2.26. The molecule has 0 bridgehead atoms. The predicted octanol–water partition coefficient (Wildman–Crippen LogP) is 4.95. The lowest BCUT2D eigenvalue weighted by atomic mass is 10.0. The molecule has 2 aromatic rings. The van der Waals surface area contributed by atoms with Gasteiger partial charge in [-0.1, -0.05) is 47.8 Å². The lowest BCUT2D eigenvalue weighted by Gasteiger charge is -2.22. The van der Waals surface area contributed by atoms with Gasteiger partial charge in [0.05, 0.1) is 23.0 Å². The minimum atomic E-state index is -0.107. The van der Waals surface area contributed by atoms with Crippen LogP contribution in [-0.2, 0) is 6.54 Å². The van der Waals surface area contributed by atoms with E-state index in [-0.39, 0.29) is 6.04 Å². The van der Waals surface area contributed by atoms with Crippen LogP contribution in [-0.4, -0.2) is 16.3 Å². The summed E-state index contributed by atoms with van der Waals surface area (Å²) in [6.45, 7) is 5.76.